The number of rotatable bonds is 2. The third kappa shape index (κ3) is 2.65. The molecule has 21 heavy (non-hydrogen) atoms. The molecule has 0 radical (unpaired) electrons. The van der Waals surface area contributed by atoms with Gasteiger partial charge in [-0.15, -0.1) is 0 Å². The number of anilines is 1. The predicted octanol–water partition coefficient (Wildman–Crippen LogP) is -0.310. The lowest BCUT2D eigenvalue weighted by Gasteiger charge is -2.40. The van der Waals surface area contributed by atoms with E-state index in [4.69, 9.17) is 0 Å². The van der Waals surface area contributed by atoms with Gasteiger partial charge in [0.15, 0.2) is 5.82 Å². The van der Waals surface area contributed by atoms with Crippen molar-refractivity contribution in [3.05, 3.63) is 12.3 Å². The van der Waals surface area contributed by atoms with E-state index in [0.717, 1.165) is 19.4 Å². The van der Waals surface area contributed by atoms with Gasteiger partial charge in [0.05, 0.1) is 12.6 Å². The van der Waals surface area contributed by atoms with Crippen molar-refractivity contribution < 1.29 is 9.59 Å². The van der Waals surface area contributed by atoms with Gasteiger partial charge >= 0.3 is 0 Å². The molecule has 2 amide bonds. The predicted molar refractivity (Wildman–Crippen MR) is 77.8 cm³/mol. The van der Waals surface area contributed by atoms with E-state index in [2.05, 4.69) is 5.10 Å². The number of hydrogen-bond acceptors (Lipinski definition) is 4. The normalized spacial score (nSPS) is 24.8. The molecule has 2 aliphatic heterocycles. The number of amides is 2. The van der Waals surface area contributed by atoms with Crippen LogP contribution in [0.2, 0.25) is 0 Å². The molecule has 2 aliphatic rings. The highest BCUT2D eigenvalue weighted by molar-refractivity contribution is 5.97. The maximum atomic E-state index is 12.7. The number of likely N-dealkylation sites (N-methyl/N-ethyl adjacent to an activating group) is 1. The Balaban J connectivity index is 1.74. The minimum Gasteiger partial charge on any atom is -0.343 e. The summed E-state index contributed by atoms with van der Waals surface area (Å²) in [4.78, 5) is 30.1. The van der Waals surface area contributed by atoms with Crippen LogP contribution in [0.5, 0.6) is 0 Å². The third-order valence-corrected chi connectivity index (χ3v) is 4.31. The van der Waals surface area contributed by atoms with Gasteiger partial charge < -0.3 is 4.90 Å². The molecule has 2 saturated heterocycles. The molecule has 1 atom stereocenters. The van der Waals surface area contributed by atoms with Gasteiger partial charge in [-0.2, -0.15) is 5.10 Å². The summed E-state index contributed by atoms with van der Waals surface area (Å²) in [5.41, 5.74) is 0. The Labute approximate surface area is 124 Å². The van der Waals surface area contributed by atoms with Crippen molar-refractivity contribution in [3.8, 4) is 0 Å². The summed E-state index contributed by atoms with van der Waals surface area (Å²) in [6.07, 6.45) is 3.60. The first-order valence-corrected chi connectivity index (χ1v) is 7.35. The van der Waals surface area contributed by atoms with E-state index >= 15 is 0 Å². The van der Waals surface area contributed by atoms with Gasteiger partial charge in [-0.25, -0.2) is 0 Å². The topological polar surface area (TPSA) is 61.7 Å². The van der Waals surface area contributed by atoms with E-state index in [1.807, 2.05) is 31.3 Å². The van der Waals surface area contributed by atoms with E-state index in [1.54, 1.807) is 14.5 Å². The van der Waals surface area contributed by atoms with Crippen molar-refractivity contribution in [2.45, 2.75) is 18.9 Å². The van der Waals surface area contributed by atoms with Gasteiger partial charge in [0, 0.05) is 46.0 Å². The van der Waals surface area contributed by atoms with Crippen molar-refractivity contribution >= 4 is 17.6 Å². The van der Waals surface area contributed by atoms with Crippen molar-refractivity contribution in [1.29, 1.82) is 0 Å². The van der Waals surface area contributed by atoms with Crippen molar-refractivity contribution in [2.75, 3.05) is 38.1 Å². The molecule has 0 aromatic carbocycles. The SMILES string of the molecule is CN1CCN(C2CCCN(c3ccn(C)n3)C2=O)CC1=O. The zero-order valence-electron chi connectivity index (χ0n) is 12.5. The summed E-state index contributed by atoms with van der Waals surface area (Å²) in [5, 5.41) is 4.32. The van der Waals surface area contributed by atoms with Crippen LogP contribution in [0.3, 0.4) is 0 Å². The molecule has 1 aromatic heterocycles. The largest absolute Gasteiger partial charge is 0.343 e. The van der Waals surface area contributed by atoms with Crippen molar-refractivity contribution in [2.24, 2.45) is 7.05 Å². The van der Waals surface area contributed by atoms with E-state index < -0.39 is 0 Å². The summed E-state index contributed by atoms with van der Waals surface area (Å²) in [7, 11) is 3.65. The first-order chi connectivity index (χ1) is 10.1. The van der Waals surface area contributed by atoms with Crippen LogP contribution in [0, 0.1) is 0 Å². The fourth-order valence-corrected chi connectivity index (χ4v) is 3.01. The number of carbonyl (C=O) groups is 2. The van der Waals surface area contributed by atoms with Crippen LogP contribution >= 0.6 is 0 Å². The molecular weight excluding hydrogens is 270 g/mol. The monoisotopic (exact) mass is 291 g/mol. The Morgan fingerprint density at radius 3 is 2.67 bits per heavy atom. The molecule has 2 fully saturated rings. The number of piperidine rings is 1. The van der Waals surface area contributed by atoms with E-state index in [0.29, 0.717) is 25.5 Å². The fourth-order valence-electron chi connectivity index (χ4n) is 3.01. The molecule has 7 heteroatoms. The summed E-state index contributed by atoms with van der Waals surface area (Å²) in [6.45, 7) is 2.48. The van der Waals surface area contributed by atoms with Gasteiger partial charge in [-0.1, -0.05) is 0 Å². The first kappa shape index (κ1) is 14.1. The molecule has 3 rings (SSSR count). The quantitative estimate of drug-likeness (QED) is 0.750. The number of hydrogen-bond donors (Lipinski definition) is 0. The summed E-state index contributed by atoms with van der Waals surface area (Å²) in [5.74, 6) is 0.856. The minimum absolute atomic E-state index is 0.0669. The Bertz CT molecular complexity index is 555. The highest BCUT2D eigenvalue weighted by Gasteiger charge is 2.37. The third-order valence-electron chi connectivity index (χ3n) is 4.31. The first-order valence-electron chi connectivity index (χ1n) is 7.35. The summed E-state index contributed by atoms with van der Waals surface area (Å²) in [6, 6.07) is 1.66. The number of piperazine rings is 1. The second-order valence-electron chi connectivity index (χ2n) is 5.78. The van der Waals surface area contributed by atoms with Crippen LogP contribution < -0.4 is 4.90 Å². The summed E-state index contributed by atoms with van der Waals surface area (Å²) < 4.78 is 1.70. The maximum absolute atomic E-state index is 12.7. The average molecular weight is 291 g/mol. The Morgan fingerprint density at radius 1 is 1.19 bits per heavy atom. The van der Waals surface area contributed by atoms with Gasteiger partial charge in [0.1, 0.15) is 0 Å². The maximum Gasteiger partial charge on any atom is 0.245 e. The fraction of sp³-hybridized carbons (Fsp3) is 0.643. The average Bonchev–Trinajstić information content (AvgIpc) is 2.89. The van der Waals surface area contributed by atoms with Crippen LogP contribution in [0.1, 0.15) is 12.8 Å². The zero-order chi connectivity index (χ0) is 15.0. The molecule has 1 aromatic rings. The molecule has 0 aliphatic carbocycles. The second kappa shape index (κ2) is 5.48. The van der Waals surface area contributed by atoms with E-state index in [-0.39, 0.29) is 17.9 Å². The highest BCUT2D eigenvalue weighted by atomic mass is 16.2. The smallest absolute Gasteiger partial charge is 0.245 e. The van der Waals surface area contributed by atoms with Crippen LogP contribution in [0.25, 0.3) is 0 Å². The van der Waals surface area contributed by atoms with E-state index in [1.165, 1.54) is 0 Å². The molecule has 0 N–H and O–H groups in total. The summed E-state index contributed by atoms with van der Waals surface area (Å²) >= 11 is 0. The Hall–Kier alpha value is -1.89. The molecule has 7 nitrogen and oxygen atoms in total. The molecule has 0 bridgehead atoms. The van der Waals surface area contributed by atoms with Crippen molar-refractivity contribution in [3.63, 3.8) is 0 Å². The van der Waals surface area contributed by atoms with Crippen LogP contribution in [-0.4, -0.2) is 70.7 Å². The number of nitrogens with zero attached hydrogens (tertiary/aromatic N) is 5. The van der Waals surface area contributed by atoms with Crippen molar-refractivity contribution in [1.82, 2.24) is 19.6 Å². The van der Waals surface area contributed by atoms with Gasteiger partial charge in [0.2, 0.25) is 11.8 Å². The van der Waals surface area contributed by atoms with Gasteiger partial charge in [0.25, 0.3) is 0 Å². The number of carbonyl (C=O) groups excluding carboxylic acids is 2. The Kier molecular flexibility index (Phi) is 3.67. The zero-order valence-corrected chi connectivity index (χ0v) is 12.5. The van der Waals surface area contributed by atoms with Crippen LogP contribution in [0.15, 0.2) is 12.3 Å². The molecule has 0 spiro atoms. The van der Waals surface area contributed by atoms with Crippen LogP contribution in [-0.2, 0) is 16.6 Å². The number of aromatic nitrogens is 2. The lowest BCUT2D eigenvalue weighted by Crippen LogP contribution is -2.58. The Morgan fingerprint density at radius 2 is 2.00 bits per heavy atom. The van der Waals surface area contributed by atoms with Gasteiger partial charge in [-0.05, 0) is 12.8 Å². The minimum atomic E-state index is -0.196. The lowest BCUT2D eigenvalue weighted by atomic mass is 10.0. The van der Waals surface area contributed by atoms with E-state index in [9.17, 15) is 9.59 Å². The second-order valence-corrected chi connectivity index (χ2v) is 5.78. The molecule has 0 saturated carbocycles. The lowest BCUT2D eigenvalue weighted by molar-refractivity contribution is -0.138. The van der Waals surface area contributed by atoms with Gasteiger partial charge in [-0.3, -0.25) is 24.1 Å². The molecular formula is C14H21N5O2. The van der Waals surface area contributed by atoms with Crippen LogP contribution in [0.4, 0.5) is 5.82 Å². The molecule has 114 valence electrons. The number of aryl methyl sites for hydroxylation is 1. The standard InChI is InChI=1S/C14H21N5O2/c1-16-8-9-18(10-13(16)20)11-4-3-6-19(14(11)21)12-5-7-17(2)15-12/h5,7,11H,3-4,6,8-10H2,1-2H3. The molecule has 3 heterocycles. The highest BCUT2D eigenvalue weighted by Crippen LogP contribution is 2.23. The molecule has 1 unspecified atom stereocenters.